The fourth-order valence-corrected chi connectivity index (χ4v) is 2.99. The van der Waals surface area contributed by atoms with Crippen molar-refractivity contribution in [3.05, 3.63) is 59.7 Å². The highest BCUT2D eigenvalue weighted by atomic mass is 16.6. The lowest BCUT2D eigenvalue weighted by atomic mass is 9.91. The van der Waals surface area contributed by atoms with Crippen molar-refractivity contribution in [1.82, 2.24) is 0 Å². The second-order valence-corrected chi connectivity index (χ2v) is 5.81. The average Bonchev–Trinajstić information content (AvgIpc) is 2.61. The van der Waals surface area contributed by atoms with E-state index in [2.05, 4.69) is 30.4 Å². The largest absolute Gasteiger partial charge is 0.381 e. The molecule has 0 aromatic heterocycles. The normalized spacial score (nSPS) is 28.4. The van der Waals surface area contributed by atoms with E-state index >= 15 is 0 Å². The molecule has 118 valence electrons. The van der Waals surface area contributed by atoms with Crippen molar-refractivity contribution < 1.29 is 14.2 Å². The molecule has 1 heterocycles. The van der Waals surface area contributed by atoms with Crippen molar-refractivity contribution in [3.63, 3.8) is 0 Å². The van der Waals surface area contributed by atoms with Crippen LogP contribution in [0.3, 0.4) is 0 Å². The SMILES string of the molecule is CCOCC1C=CC=C(C2COCC(c3ccccc3)O2)C1. The molecule has 3 heteroatoms. The highest BCUT2D eigenvalue weighted by molar-refractivity contribution is 5.25. The van der Waals surface area contributed by atoms with Gasteiger partial charge in [-0.3, -0.25) is 0 Å². The molecule has 22 heavy (non-hydrogen) atoms. The van der Waals surface area contributed by atoms with Crippen LogP contribution in [0.2, 0.25) is 0 Å². The van der Waals surface area contributed by atoms with Crippen molar-refractivity contribution in [2.75, 3.05) is 26.4 Å². The molecule has 1 saturated heterocycles. The summed E-state index contributed by atoms with van der Waals surface area (Å²) in [6.45, 7) is 4.85. The number of rotatable bonds is 5. The zero-order valence-corrected chi connectivity index (χ0v) is 13.1. The monoisotopic (exact) mass is 300 g/mol. The van der Waals surface area contributed by atoms with Gasteiger partial charge in [-0.05, 0) is 24.5 Å². The summed E-state index contributed by atoms with van der Waals surface area (Å²) in [5, 5.41) is 0. The van der Waals surface area contributed by atoms with Crippen LogP contribution < -0.4 is 0 Å². The first-order valence-corrected chi connectivity index (χ1v) is 8.10. The van der Waals surface area contributed by atoms with E-state index in [4.69, 9.17) is 14.2 Å². The molecule has 1 fully saturated rings. The van der Waals surface area contributed by atoms with Crippen LogP contribution in [0.15, 0.2) is 54.1 Å². The fourth-order valence-electron chi connectivity index (χ4n) is 2.99. The van der Waals surface area contributed by atoms with Crippen LogP contribution in [-0.4, -0.2) is 32.5 Å². The van der Waals surface area contributed by atoms with E-state index in [1.165, 1.54) is 11.1 Å². The summed E-state index contributed by atoms with van der Waals surface area (Å²) in [5.74, 6) is 0.445. The Morgan fingerprint density at radius 2 is 1.95 bits per heavy atom. The maximum absolute atomic E-state index is 6.30. The minimum Gasteiger partial charge on any atom is -0.381 e. The summed E-state index contributed by atoms with van der Waals surface area (Å²) in [6.07, 6.45) is 7.58. The van der Waals surface area contributed by atoms with Gasteiger partial charge < -0.3 is 14.2 Å². The van der Waals surface area contributed by atoms with Crippen LogP contribution in [0.5, 0.6) is 0 Å². The Morgan fingerprint density at radius 1 is 1.14 bits per heavy atom. The second kappa shape index (κ2) is 7.73. The Hall–Kier alpha value is -1.42. The number of hydrogen-bond acceptors (Lipinski definition) is 3. The lowest BCUT2D eigenvalue weighted by Crippen LogP contribution is -2.34. The number of benzene rings is 1. The van der Waals surface area contributed by atoms with Crippen LogP contribution in [-0.2, 0) is 14.2 Å². The van der Waals surface area contributed by atoms with E-state index in [0.717, 1.165) is 19.6 Å². The molecular weight excluding hydrogens is 276 g/mol. The zero-order chi connectivity index (χ0) is 15.2. The van der Waals surface area contributed by atoms with Gasteiger partial charge >= 0.3 is 0 Å². The quantitative estimate of drug-likeness (QED) is 0.830. The Bertz CT molecular complexity index is 521. The molecule has 2 aliphatic rings. The highest BCUT2D eigenvalue weighted by Gasteiger charge is 2.28. The Labute approximate surface area is 132 Å². The molecule has 1 aromatic carbocycles. The molecule has 0 saturated carbocycles. The predicted molar refractivity (Wildman–Crippen MR) is 86.7 cm³/mol. The van der Waals surface area contributed by atoms with Crippen molar-refractivity contribution in [3.8, 4) is 0 Å². The summed E-state index contributed by atoms with van der Waals surface area (Å²) in [6, 6.07) is 10.3. The molecule has 3 unspecified atom stereocenters. The minimum atomic E-state index is 0.0251. The van der Waals surface area contributed by atoms with Gasteiger partial charge in [-0.15, -0.1) is 0 Å². The molecule has 1 aliphatic heterocycles. The summed E-state index contributed by atoms with van der Waals surface area (Å²) in [5.41, 5.74) is 2.50. The van der Waals surface area contributed by atoms with Crippen LogP contribution in [0.4, 0.5) is 0 Å². The Balaban J connectivity index is 1.62. The molecule has 3 rings (SSSR count). The average molecular weight is 300 g/mol. The molecule has 0 radical (unpaired) electrons. The lowest BCUT2D eigenvalue weighted by molar-refractivity contribution is -0.127. The summed E-state index contributed by atoms with van der Waals surface area (Å²) in [7, 11) is 0. The van der Waals surface area contributed by atoms with E-state index in [1.807, 2.05) is 25.1 Å². The topological polar surface area (TPSA) is 27.7 Å². The van der Waals surface area contributed by atoms with Gasteiger partial charge in [0, 0.05) is 12.5 Å². The van der Waals surface area contributed by atoms with Gasteiger partial charge in [0.2, 0.25) is 0 Å². The lowest BCUT2D eigenvalue weighted by Gasteiger charge is -2.33. The molecule has 1 aromatic rings. The first-order chi connectivity index (χ1) is 10.9. The first-order valence-electron chi connectivity index (χ1n) is 8.10. The predicted octanol–water partition coefficient (Wildman–Crippen LogP) is 3.68. The molecule has 0 N–H and O–H groups in total. The smallest absolute Gasteiger partial charge is 0.107 e. The summed E-state index contributed by atoms with van der Waals surface area (Å²) >= 11 is 0. The summed E-state index contributed by atoms with van der Waals surface area (Å²) in [4.78, 5) is 0. The fraction of sp³-hybridized carbons (Fsp3) is 0.474. The van der Waals surface area contributed by atoms with Crippen molar-refractivity contribution in [2.24, 2.45) is 5.92 Å². The molecule has 0 bridgehead atoms. The first kappa shape index (κ1) is 15.5. The molecule has 1 aliphatic carbocycles. The van der Waals surface area contributed by atoms with Crippen molar-refractivity contribution in [1.29, 1.82) is 0 Å². The molecule has 0 spiro atoms. The number of hydrogen-bond donors (Lipinski definition) is 0. The Kier molecular flexibility index (Phi) is 5.43. The Morgan fingerprint density at radius 3 is 2.77 bits per heavy atom. The van der Waals surface area contributed by atoms with E-state index in [0.29, 0.717) is 19.1 Å². The van der Waals surface area contributed by atoms with E-state index in [9.17, 15) is 0 Å². The zero-order valence-electron chi connectivity index (χ0n) is 13.1. The van der Waals surface area contributed by atoms with Gasteiger partial charge in [-0.1, -0.05) is 48.6 Å². The highest BCUT2D eigenvalue weighted by Crippen LogP contribution is 2.30. The van der Waals surface area contributed by atoms with E-state index in [-0.39, 0.29) is 12.2 Å². The van der Waals surface area contributed by atoms with Gasteiger partial charge in [0.15, 0.2) is 0 Å². The maximum Gasteiger partial charge on any atom is 0.107 e. The maximum atomic E-state index is 6.30. The van der Waals surface area contributed by atoms with Crippen LogP contribution >= 0.6 is 0 Å². The minimum absolute atomic E-state index is 0.0251. The van der Waals surface area contributed by atoms with Gasteiger partial charge in [0.05, 0.1) is 19.8 Å². The molecule has 3 atom stereocenters. The van der Waals surface area contributed by atoms with Gasteiger partial charge in [0.25, 0.3) is 0 Å². The molecule has 0 amide bonds. The summed E-state index contributed by atoms with van der Waals surface area (Å²) < 4.78 is 17.6. The van der Waals surface area contributed by atoms with Gasteiger partial charge in [0.1, 0.15) is 12.2 Å². The van der Waals surface area contributed by atoms with Gasteiger partial charge in [-0.2, -0.15) is 0 Å². The van der Waals surface area contributed by atoms with E-state index < -0.39 is 0 Å². The van der Waals surface area contributed by atoms with Crippen molar-refractivity contribution >= 4 is 0 Å². The van der Waals surface area contributed by atoms with Crippen molar-refractivity contribution in [2.45, 2.75) is 25.6 Å². The van der Waals surface area contributed by atoms with Gasteiger partial charge in [-0.25, -0.2) is 0 Å². The van der Waals surface area contributed by atoms with E-state index in [1.54, 1.807) is 0 Å². The third-order valence-electron chi connectivity index (χ3n) is 4.18. The van der Waals surface area contributed by atoms with Crippen LogP contribution in [0.25, 0.3) is 0 Å². The number of ether oxygens (including phenoxy) is 3. The number of allylic oxidation sites excluding steroid dienone is 2. The standard InChI is InChI=1S/C19H24O3/c1-2-20-12-15-7-6-10-17(11-15)19-14-21-13-18(22-19)16-8-4-3-5-9-16/h3-10,15,18-19H,2,11-14H2,1H3. The molecule has 3 nitrogen and oxygen atoms in total. The second-order valence-electron chi connectivity index (χ2n) is 5.81. The molecular formula is C19H24O3. The third-order valence-corrected chi connectivity index (χ3v) is 4.18. The third kappa shape index (κ3) is 3.86. The van der Waals surface area contributed by atoms with Crippen LogP contribution in [0.1, 0.15) is 25.0 Å². The van der Waals surface area contributed by atoms with Crippen LogP contribution in [0, 0.1) is 5.92 Å².